The number of aromatic amines is 1. The summed E-state index contributed by atoms with van der Waals surface area (Å²) < 4.78 is 27.6. The van der Waals surface area contributed by atoms with Gasteiger partial charge in [0.05, 0.1) is 11.8 Å². The Labute approximate surface area is 185 Å². The van der Waals surface area contributed by atoms with E-state index in [9.17, 15) is 22.8 Å². The number of imide groups is 1. The number of H-pyrrole nitrogens is 1. The first kappa shape index (κ1) is 21.1. The summed E-state index contributed by atoms with van der Waals surface area (Å²) in [5, 5.41) is 0.526. The molecule has 1 N–H and O–H groups in total. The summed E-state index contributed by atoms with van der Waals surface area (Å²) in [6.45, 7) is 0.456. The van der Waals surface area contributed by atoms with Crippen LogP contribution >= 0.6 is 0 Å². The van der Waals surface area contributed by atoms with Crippen molar-refractivity contribution in [2.45, 2.75) is 30.6 Å². The number of likely N-dealkylation sites (tertiary alicyclic amines) is 1. The SMILES string of the molecule is O=C(CN1C(=O)C2CCCCC2C1=O)N1CCN(S(=O)(=O)c2c[nH]c3ncccc23)CC1. The molecule has 1 saturated carbocycles. The van der Waals surface area contributed by atoms with Crippen molar-refractivity contribution >= 4 is 38.8 Å². The van der Waals surface area contributed by atoms with Gasteiger partial charge in [-0.05, 0) is 25.0 Å². The van der Waals surface area contributed by atoms with E-state index < -0.39 is 10.0 Å². The van der Waals surface area contributed by atoms with Crippen LogP contribution in [0.3, 0.4) is 0 Å². The Morgan fingerprint density at radius 3 is 2.38 bits per heavy atom. The lowest BCUT2D eigenvalue weighted by Gasteiger charge is -2.34. The zero-order chi connectivity index (χ0) is 22.5. The zero-order valence-corrected chi connectivity index (χ0v) is 18.4. The van der Waals surface area contributed by atoms with Crippen LogP contribution in [0.15, 0.2) is 29.4 Å². The molecule has 5 rings (SSSR count). The van der Waals surface area contributed by atoms with E-state index in [1.807, 2.05) is 0 Å². The minimum atomic E-state index is -3.74. The van der Waals surface area contributed by atoms with Crippen molar-refractivity contribution in [2.24, 2.45) is 11.8 Å². The van der Waals surface area contributed by atoms with Gasteiger partial charge in [0.2, 0.25) is 27.7 Å². The number of fused-ring (bicyclic) bond motifs is 2. The van der Waals surface area contributed by atoms with Crippen LogP contribution < -0.4 is 0 Å². The van der Waals surface area contributed by atoms with Crippen LogP contribution in [0.2, 0.25) is 0 Å². The summed E-state index contributed by atoms with van der Waals surface area (Å²) in [4.78, 5) is 47.9. The van der Waals surface area contributed by atoms with E-state index in [0.29, 0.717) is 23.9 Å². The first-order chi connectivity index (χ1) is 15.4. The highest BCUT2D eigenvalue weighted by Crippen LogP contribution is 2.38. The van der Waals surface area contributed by atoms with Crippen LogP contribution in [0.4, 0.5) is 0 Å². The molecule has 1 aliphatic carbocycles. The molecule has 2 aliphatic heterocycles. The van der Waals surface area contributed by atoms with Gasteiger partial charge in [-0.1, -0.05) is 12.8 Å². The molecular weight excluding hydrogens is 434 g/mol. The van der Waals surface area contributed by atoms with Crippen LogP contribution in [0.25, 0.3) is 11.0 Å². The van der Waals surface area contributed by atoms with Gasteiger partial charge in [-0.15, -0.1) is 0 Å². The fourth-order valence-electron chi connectivity index (χ4n) is 5.08. The molecule has 3 amide bonds. The topological polar surface area (TPSA) is 124 Å². The maximum Gasteiger partial charge on any atom is 0.245 e. The van der Waals surface area contributed by atoms with E-state index in [4.69, 9.17) is 0 Å². The molecule has 3 aliphatic rings. The molecule has 4 heterocycles. The monoisotopic (exact) mass is 459 g/mol. The van der Waals surface area contributed by atoms with Gasteiger partial charge in [0.15, 0.2) is 0 Å². The smallest absolute Gasteiger partial charge is 0.245 e. The maximum atomic E-state index is 13.1. The molecule has 0 spiro atoms. The van der Waals surface area contributed by atoms with Crippen LogP contribution in [0.1, 0.15) is 25.7 Å². The maximum absolute atomic E-state index is 13.1. The second-order valence-electron chi connectivity index (χ2n) is 8.60. The number of hydrogen-bond donors (Lipinski definition) is 1. The Balaban J connectivity index is 1.23. The number of hydrogen-bond acceptors (Lipinski definition) is 6. The number of aromatic nitrogens is 2. The third-order valence-electron chi connectivity index (χ3n) is 6.85. The second kappa shape index (κ2) is 7.96. The number of sulfonamides is 1. The molecule has 0 radical (unpaired) electrons. The van der Waals surface area contributed by atoms with E-state index in [2.05, 4.69) is 9.97 Å². The van der Waals surface area contributed by atoms with Crippen LogP contribution in [0, 0.1) is 11.8 Å². The zero-order valence-electron chi connectivity index (χ0n) is 17.6. The molecular formula is C21H25N5O5S. The highest BCUT2D eigenvalue weighted by molar-refractivity contribution is 7.89. The molecule has 2 aromatic rings. The lowest BCUT2D eigenvalue weighted by Crippen LogP contribution is -2.53. The number of carbonyl (C=O) groups excluding carboxylic acids is 3. The summed E-state index contributed by atoms with van der Waals surface area (Å²) in [5.41, 5.74) is 0.500. The van der Waals surface area contributed by atoms with Gasteiger partial charge < -0.3 is 9.88 Å². The molecule has 11 heteroatoms. The Kier molecular flexibility index (Phi) is 5.25. The fourth-order valence-corrected chi connectivity index (χ4v) is 6.66. The first-order valence-electron chi connectivity index (χ1n) is 10.9. The van der Waals surface area contributed by atoms with Gasteiger partial charge in [-0.3, -0.25) is 19.3 Å². The summed E-state index contributed by atoms with van der Waals surface area (Å²) >= 11 is 0. The van der Waals surface area contributed by atoms with Crippen molar-refractivity contribution in [1.82, 2.24) is 24.1 Å². The average molecular weight is 460 g/mol. The number of rotatable bonds is 4. The summed E-state index contributed by atoms with van der Waals surface area (Å²) in [6.07, 6.45) is 6.31. The summed E-state index contributed by atoms with van der Waals surface area (Å²) in [6, 6.07) is 3.38. The van der Waals surface area contributed by atoms with E-state index in [1.165, 1.54) is 15.4 Å². The fraction of sp³-hybridized carbons (Fsp3) is 0.524. The van der Waals surface area contributed by atoms with Gasteiger partial charge in [0, 0.05) is 44.0 Å². The van der Waals surface area contributed by atoms with Crippen molar-refractivity contribution in [1.29, 1.82) is 0 Å². The Morgan fingerprint density at radius 1 is 1.06 bits per heavy atom. The number of piperazine rings is 1. The van der Waals surface area contributed by atoms with Crippen molar-refractivity contribution in [2.75, 3.05) is 32.7 Å². The highest BCUT2D eigenvalue weighted by atomic mass is 32.2. The van der Waals surface area contributed by atoms with Gasteiger partial charge in [0.1, 0.15) is 17.1 Å². The van der Waals surface area contributed by atoms with Crippen LogP contribution in [-0.2, 0) is 24.4 Å². The van der Waals surface area contributed by atoms with Gasteiger partial charge in [-0.2, -0.15) is 4.31 Å². The van der Waals surface area contributed by atoms with Crippen molar-refractivity contribution in [3.8, 4) is 0 Å². The summed E-state index contributed by atoms with van der Waals surface area (Å²) in [5.74, 6) is -1.35. The molecule has 0 aromatic carbocycles. The minimum Gasteiger partial charge on any atom is -0.345 e. The molecule has 2 atom stereocenters. The van der Waals surface area contributed by atoms with Crippen molar-refractivity contribution in [3.63, 3.8) is 0 Å². The summed E-state index contributed by atoms with van der Waals surface area (Å²) in [7, 11) is -3.74. The lowest BCUT2D eigenvalue weighted by atomic mass is 9.81. The van der Waals surface area contributed by atoms with E-state index in [0.717, 1.165) is 17.7 Å². The molecule has 32 heavy (non-hydrogen) atoms. The molecule has 170 valence electrons. The molecule has 2 unspecified atom stereocenters. The largest absolute Gasteiger partial charge is 0.345 e. The first-order valence-corrected chi connectivity index (χ1v) is 12.4. The Hall–Kier alpha value is -2.79. The number of pyridine rings is 1. The van der Waals surface area contributed by atoms with Crippen LogP contribution in [0.5, 0.6) is 0 Å². The number of amides is 3. The molecule has 2 saturated heterocycles. The average Bonchev–Trinajstić information content (AvgIpc) is 3.35. The molecule has 10 nitrogen and oxygen atoms in total. The minimum absolute atomic E-state index is 0.147. The Morgan fingerprint density at radius 2 is 1.72 bits per heavy atom. The number of carbonyl (C=O) groups is 3. The van der Waals surface area contributed by atoms with Crippen molar-refractivity contribution in [3.05, 3.63) is 24.5 Å². The van der Waals surface area contributed by atoms with Crippen molar-refractivity contribution < 1.29 is 22.8 Å². The van der Waals surface area contributed by atoms with Gasteiger partial charge in [-0.25, -0.2) is 13.4 Å². The predicted molar refractivity (Wildman–Crippen MR) is 114 cm³/mol. The molecule has 3 fully saturated rings. The molecule has 0 bridgehead atoms. The van der Waals surface area contributed by atoms with Crippen LogP contribution in [-0.4, -0.2) is 82.9 Å². The predicted octanol–water partition coefficient (Wildman–Crippen LogP) is 0.571. The number of nitrogens with zero attached hydrogens (tertiary/aromatic N) is 4. The van der Waals surface area contributed by atoms with E-state index >= 15 is 0 Å². The van der Waals surface area contributed by atoms with E-state index in [1.54, 1.807) is 18.3 Å². The Bertz CT molecular complexity index is 1160. The quantitative estimate of drug-likeness (QED) is 0.667. The van der Waals surface area contributed by atoms with Gasteiger partial charge in [0.25, 0.3) is 0 Å². The third kappa shape index (κ3) is 3.39. The van der Waals surface area contributed by atoms with E-state index in [-0.39, 0.29) is 67.2 Å². The highest BCUT2D eigenvalue weighted by Gasteiger charge is 2.48. The lowest BCUT2D eigenvalue weighted by molar-refractivity contribution is -0.147. The third-order valence-corrected chi connectivity index (χ3v) is 8.79. The standard InChI is InChI=1S/C21H25N5O5S/c27-18(13-26-20(28)14-4-1-2-5-15(14)21(26)29)24-8-10-25(11-9-24)32(30,31)17-12-23-19-16(17)6-3-7-22-19/h3,6-7,12,14-15H,1-2,4-5,8-11,13H2,(H,22,23). The van der Waals surface area contributed by atoms with Gasteiger partial charge >= 0.3 is 0 Å². The molecule has 2 aromatic heterocycles. The normalized spacial score (nSPS) is 24.9. The number of nitrogens with one attached hydrogen (secondary N) is 1. The second-order valence-corrected chi connectivity index (χ2v) is 10.5.